The van der Waals surface area contributed by atoms with Gasteiger partial charge in [0.1, 0.15) is 6.10 Å². The molecule has 1 saturated heterocycles. The van der Waals surface area contributed by atoms with E-state index in [0.29, 0.717) is 19.6 Å². The predicted octanol–water partition coefficient (Wildman–Crippen LogP) is 1.33. The molecule has 1 aromatic carbocycles. The summed E-state index contributed by atoms with van der Waals surface area (Å²) in [5, 5.41) is 9.57. The lowest BCUT2D eigenvalue weighted by Gasteiger charge is -2.13. The molecule has 1 aliphatic rings. The molecule has 1 unspecified atom stereocenters. The lowest BCUT2D eigenvalue weighted by atomic mass is 10.2. The average molecular weight is 238 g/mol. The zero-order chi connectivity index (χ0) is 12.1. The highest BCUT2D eigenvalue weighted by atomic mass is 16.7. The predicted molar refractivity (Wildman–Crippen MR) is 62.4 cm³/mol. The molecule has 2 rings (SSSR count). The minimum Gasteiger partial charge on any atom is -0.388 e. The van der Waals surface area contributed by atoms with Crippen molar-refractivity contribution in [2.75, 3.05) is 13.7 Å². The molecule has 1 N–H and O–H groups in total. The van der Waals surface area contributed by atoms with E-state index in [1.807, 2.05) is 30.3 Å². The van der Waals surface area contributed by atoms with Gasteiger partial charge in [0, 0.05) is 13.5 Å². The van der Waals surface area contributed by atoms with Gasteiger partial charge in [-0.15, -0.1) is 0 Å². The van der Waals surface area contributed by atoms with Gasteiger partial charge in [-0.1, -0.05) is 30.3 Å². The normalized spacial score (nSPS) is 28.5. The Labute approximate surface area is 101 Å². The summed E-state index contributed by atoms with van der Waals surface area (Å²) < 4.78 is 16.0. The number of hydrogen-bond donors (Lipinski definition) is 1. The summed E-state index contributed by atoms with van der Waals surface area (Å²) in [4.78, 5) is 0. The van der Waals surface area contributed by atoms with Gasteiger partial charge >= 0.3 is 0 Å². The molecule has 1 aromatic rings. The minimum absolute atomic E-state index is 0.0846. The Morgan fingerprint density at radius 2 is 2.12 bits per heavy atom. The quantitative estimate of drug-likeness (QED) is 0.840. The summed E-state index contributed by atoms with van der Waals surface area (Å²) >= 11 is 0. The molecule has 1 heterocycles. The van der Waals surface area contributed by atoms with E-state index in [9.17, 15) is 5.11 Å². The SMILES string of the molecule is COC1O[C@@H](COCc2ccccc2)C[C@@H]1O. The number of ether oxygens (including phenoxy) is 3. The molecule has 4 nitrogen and oxygen atoms in total. The van der Waals surface area contributed by atoms with Crippen LogP contribution < -0.4 is 0 Å². The van der Waals surface area contributed by atoms with Gasteiger partial charge in [0.2, 0.25) is 0 Å². The van der Waals surface area contributed by atoms with Crippen molar-refractivity contribution in [2.24, 2.45) is 0 Å². The fourth-order valence-electron chi connectivity index (χ4n) is 1.92. The molecule has 1 aliphatic heterocycles. The molecule has 3 atom stereocenters. The number of benzene rings is 1. The van der Waals surface area contributed by atoms with Gasteiger partial charge in [0.15, 0.2) is 6.29 Å². The number of methoxy groups -OCH3 is 1. The zero-order valence-corrected chi connectivity index (χ0v) is 9.91. The smallest absolute Gasteiger partial charge is 0.183 e. The highest BCUT2D eigenvalue weighted by Crippen LogP contribution is 2.21. The van der Waals surface area contributed by atoms with Gasteiger partial charge in [-0.25, -0.2) is 0 Å². The van der Waals surface area contributed by atoms with Gasteiger partial charge in [0.25, 0.3) is 0 Å². The van der Waals surface area contributed by atoms with E-state index >= 15 is 0 Å². The Morgan fingerprint density at radius 3 is 2.76 bits per heavy atom. The summed E-state index contributed by atoms with van der Waals surface area (Å²) in [6.07, 6.45) is -0.586. The lowest BCUT2D eigenvalue weighted by molar-refractivity contribution is -0.156. The van der Waals surface area contributed by atoms with E-state index in [-0.39, 0.29) is 6.10 Å². The summed E-state index contributed by atoms with van der Waals surface area (Å²) in [5.41, 5.74) is 1.13. The van der Waals surface area contributed by atoms with E-state index in [1.54, 1.807) is 0 Å². The van der Waals surface area contributed by atoms with Gasteiger partial charge in [-0.2, -0.15) is 0 Å². The number of rotatable bonds is 5. The van der Waals surface area contributed by atoms with E-state index in [1.165, 1.54) is 7.11 Å². The molecule has 4 heteroatoms. The van der Waals surface area contributed by atoms with Crippen LogP contribution in [0.5, 0.6) is 0 Å². The molecular formula is C13H18O4. The van der Waals surface area contributed by atoms with Crippen LogP contribution >= 0.6 is 0 Å². The fraction of sp³-hybridized carbons (Fsp3) is 0.538. The average Bonchev–Trinajstić information content (AvgIpc) is 2.71. The van der Waals surface area contributed by atoms with Crippen molar-refractivity contribution >= 4 is 0 Å². The third kappa shape index (κ3) is 3.51. The van der Waals surface area contributed by atoms with Gasteiger partial charge in [-0.3, -0.25) is 0 Å². The van der Waals surface area contributed by atoms with Crippen LogP contribution in [0.3, 0.4) is 0 Å². The van der Waals surface area contributed by atoms with Crippen LogP contribution in [0.15, 0.2) is 30.3 Å². The second-order valence-electron chi connectivity index (χ2n) is 4.17. The third-order valence-corrected chi connectivity index (χ3v) is 2.79. The van der Waals surface area contributed by atoms with Gasteiger partial charge in [0.05, 0.1) is 19.3 Å². The molecule has 94 valence electrons. The van der Waals surface area contributed by atoms with Crippen molar-refractivity contribution in [3.63, 3.8) is 0 Å². The molecule has 0 spiro atoms. The largest absolute Gasteiger partial charge is 0.388 e. The molecular weight excluding hydrogens is 220 g/mol. The standard InChI is InChI=1S/C13H18O4/c1-15-13-12(14)7-11(17-13)9-16-8-10-5-3-2-4-6-10/h2-6,11-14H,7-9H2,1H3/t11-,12+,13?/m1/s1. The maximum absolute atomic E-state index is 9.57. The van der Waals surface area contributed by atoms with Crippen LogP contribution in [-0.4, -0.2) is 37.3 Å². The lowest BCUT2D eigenvalue weighted by Crippen LogP contribution is -2.22. The van der Waals surface area contributed by atoms with Gasteiger partial charge < -0.3 is 19.3 Å². The Kier molecular flexibility index (Phi) is 4.50. The van der Waals surface area contributed by atoms with Crippen LogP contribution in [0.25, 0.3) is 0 Å². The van der Waals surface area contributed by atoms with Crippen LogP contribution in [0.4, 0.5) is 0 Å². The van der Waals surface area contributed by atoms with Gasteiger partial charge in [-0.05, 0) is 5.56 Å². The summed E-state index contributed by atoms with van der Waals surface area (Å²) in [6, 6.07) is 9.97. The maximum Gasteiger partial charge on any atom is 0.183 e. The first-order valence-electron chi connectivity index (χ1n) is 5.77. The molecule has 0 amide bonds. The second kappa shape index (κ2) is 6.12. The Morgan fingerprint density at radius 1 is 1.35 bits per heavy atom. The summed E-state index contributed by atoms with van der Waals surface area (Å²) in [6.45, 7) is 1.04. The number of hydrogen-bond acceptors (Lipinski definition) is 4. The Balaban J connectivity index is 1.70. The topological polar surface area (TPSA) is 47.9 Å². The molecule has 0 saturated carbocycles. The van der Waals surface area contributed by atoms with Crippen LogP contribution in [-0.2, 0) is 20.8 Å². The fourth-order valence-corrected chi connectivity index (χ4v) is 1.92. The first kappa shape index (κ1) is 12.5. The molecule has 0 aromatic heterocycles. The van der Waals surface area contributed by atoms with Crippen molar-refractivity contribution in [2.45, 2.75) is 31.5 Å². The van der Waals surface area contributed by atoms with Crippen molar-refractivity contribution in [3.8, 4) is 0 Å². The second-order valence-corrected chi connectivity index (χ2v) is 4.17. The van der Waals surface area contributed by atoms with E-state index in [2.05, 4.69) is 0 Å². The molecule has 0 aliphatic carbocycles. The minimum atomic E-state index is -0.551. The van der Waals surface area contributed by atoms with Crippen molar-refractivity contribution in [1.82, 2.24) is 0 Å². The monoisotopic (exact) mass is 238 g/mol. The van der Waals surface area contributed by atoms with E-state index in [4.69, 9.17) is 14.2 Å². The van der Waals surface area contributed by atoms with Crippen molar-refractivity contribution in [1.29, 1.82) is 0 Å². The molecule has 0 bridgehead atoms. The Bertz CT molecular complexity index is 327. The zero-order valence-electron chi connectivity index (χ0n) is 9.91. The number of aliphatic hydroxyl groups excluding tert-OH is 1. The number of aliphatic hydroxyl groups is 1. The highest BCUT2D eigenvalue weighted by Gasteiger charge is 2.33. The van der Waals surface area contributed by atoms with Crippen molar-refractivity contribution in [3.05, 3.63) is 35.9 Å². The molecule has 17 heavy (non-hydrogen) atoms. The third-order valence-electron chi connectivity index (χ3n) is 2.79. The first-order valence-corrected chi connectivity index (χ1v) is 5.77. The first-order chi connectivity index (χ1) is 8.29. The van der Waals surface area contributed by atoms with Crippen LogP contribution in [0.2, 0.25) is 0 Å². The molecule has 0 radical (unpaired) electrons. The molecule has 1 fully saturated rings. The van der Waals surface area contributed by atoms with E-state index in [0.717, 1.165) is 5.56 Å². The Hall–Kier alpha value is -0.940. The maximum atomic E-state index is 9.57. The van der Waals surface area contributed by atoms with E-state index < -0.39 is 12.4 Å². The highest BCUT2D eigenvalue weighted by molar-refractivity contribution is 5.13. The van der Waals surface area contributed by atoms with Crippen molar-refractivity contribution < 1.29 is 19.3 Å². The summed E-state index contributed by atoms with van der Waals surface area (Å²) in [7, 11) is 1.53. The van der Waals surface area contributed by atoms with Crippen LogP contribution in [0, 0.1) is 0 Å². The summed E-state index contributed by atoms with van der Waals surface area (Å²) in [5.74, 6) is 0. The van der Waals surface area contributed by atoms with Crippen LogP contribution in [0.1, 0.15) is 12.0 Å².